The summed E-state index contributed by atoms with van der Waals surface area (Å²) in [5.74, 6) is 0.861. The quantitative estimate of drug-likeness (QED) is 0.558. The predicted molar refractivity (Wildman–Crippen MR) is 127 cm³/mol. The maximum absolute atomic E-state index is 12.8. The van der Waals surface area contributed by atoms with E-state index in [2.05, 4.69) is 15.3 Å². The zero-order valence-electron chi connectivity index (χ0n) is 19.2. The maximum Gasteiger partial charge on any atom is 0.251 e. The van der Waals surface area contributed by atoms with Crippen molar-refractivity contribution in [1.29, 1.82) is 0 Å². The van der Waals surface area contributed by atoms with Crippen LogP contribution >= 0.6 is 0 Å². The number of piperidine rings is 1. The normalized spacial score (nSPS) is 14.3. The lowest BCUT2D eigenvalue weighted by atomic mass is 10.0. The van der Waals surface area contributed by atoms with Gasteiger partial charge in [0, 0.05) is 31.1 Å². The van der Waals surface area contributed by atoms with E-state index in [1.807, 2.05) is 55.1 Å². The molecule has 7 heteroatoms. The van der Waals surface area contributed by atoms with Crippen molar-refractivity contribution >= 4 is 22.8 Å². The van der Waals surface area contributed by atoms with E-state index in [1.54, 1.807) is 12.1 Å². The van der Waals surface area contributed by atoms with E-state index in [9.17, 15) is 9.59 Å². The average Bonchev–Trinajstić information content (AvgIpc) is 2.83. The van der Waals surface area contributed by atoms with Crippen LogP contribution < -0.4 is 10.1 Å². The summed E-state index contributed by atoms with van der Waals surface area (Å²) in [6.07, 6.45) is 2.67. The number of fused-ring (bicyclic) bond motifs is 1. The minimum absolute atomic E-state index is 0.0597. The van der Waals surface area contributed by atoms with Gasteiger partial charge in [-0.3, -0.25) is 9.59 Å². The first kappa shape index (κ1) is 22.7. The number of benzene rings is 2. The molecule has 0 spiro atoms. The van der Waals surface area contributed by atoms with Crippen LogP contribution in [0.25, 0.3) is 11.0 Å². The monoisotopic (exact) mass is 446 g/mol. The molecule has 33 heavy (non-hydrogen) atoms. The van der Waals surface area contributed by atoms with Crippen LogP contribution in [0.15, 0.2) is 48.5 Å². The third-order valence-electron chi connectivity index (χ3n) is 6.07. The highest BCUT2D eigenvalue weighted by molar-refractivity contribution is 5.97. The van der Waals surface area contributed by atoms with E-state index in [-0.39, 0.29) is 17.9 Å². The molecule has 3 aromatic rings. The molecule has 0 unspecified atom stereocenters. The minimum atomic E-state index is -0.111. The lowest BCUT2D eigenvalue weighted by Crippen LogP contribution is -2.46. The zero-order chi connectivity index (χ0) is 23.2. The van der Waals surface area contributed by atoms with Crippen LogP contribution in [0.2, 0.25) is 0 Å². The molecule has 0 bridgehead atoms. The number of ether oxygens (including phenoxy) is 1. The minimum Gasteiger partial charge on any atom is -0.494 e. The third-order valence-corrected chi connectivity index (χ3v) is 6.07. The Balaban J connectivity index is 1.22. The summed E-state index contributed by atoms with van der Waals surface area (Å²) in [4.78, 5) is 36.2. The number of rotatable bonds is 7. The number of nitrogens with zero attached hydrogens (tertiary/aromatic N) is 3. The Hall–Kier alpha value is -3.48. The number of hydrogen-bond acceptors (Lipinski definition) is 5. The number of likely N-dealkylation sites (tertiary alicyclic amines) is 1. The molecule has 1 N–H and O–H groups in total. The maximum atomic E-state index is 12.8. The second-order valence-corrected chi connectivity index (χ2v) is 8.49. The van der Waals surface area contributed by atoms with Gasteiger partial charge >= 0.3 is 0 Å². The number of hydrogen-bond donors (Lipinski definition) is 1. The Morgan fingerprint density at radius 1 is 1.00 bits per heavy atom. The van der Waals surface area contributed by atoms with Crippen molar-refractivity contribution < 1.29 is 14.3 Å². The fourth-order valence-corrected chi connectivity index (χ4v) is 4.00. The van der Waals surface area contributed by atoms with Crippen LogP contribution in [0.5, 0.6) is 5.75 Å². The Labute approximate surface area is 194 Å². The average molecular weight is 447 g/mol. The molecule has 0 aliphatic carbocycles. The van der Waals surface area contributed by atoms with E-state index in [0.717, 1.165) is 41.0 Å². The van der Waals surface area contributed by atoms with Gasteiger partial charge in [0.2, 0.25) is 5.91 Å². The summed E-state index contributed by atoms with van der Waals surface area (Å²) in [5, 5.41) is 3.11. The van der Waals surface area contributed by atoms with Crippen molar-refractivity contribution in [2.45, 2.75) is 45.6 Å². The summed E-state index contributed by atoms with van der Waals surface area (Å²) in [6.45, 7) is 5.69. The molecule has 0 saturated carbocycles. The van der Waals surface area contributed by atoms with Gasteiger partial charge in [-0.25, -0.2) is 9.97 Å². The highest BCUT2D eigenvalue weighted by Crippen LogP contribution is 2.17. The molecule has 0 atom stereocenters. The SMILES string of the molecule is Cc1nc2ccc(C(=O)NC3CCN(C(=O)CCCOc4ccccc4)CC3)cc2nc1C. The molecule has 2 heterocycles. The van der Waals surface area contributed by atoms with E-state index in [0.29, 0.717) is 38.1 Å². The van der Waals surface area contributed by atoms with Crippen LogP contribution in [0, 0.1) is 13.8 Å². The fraction of sp³-hybridized carbons (Fsp3) is 0.385. The number of carbonyl (C=O) groups excluding carboxylic acids is 2. The van der Waals surface area contributed by atoms with Crippen LogP contribution in [0.4, 0.5) is 0 Å². The molecular weight excluding hydrogens is 416 g/mol. The number of nitrogens with one attached hydrogen (secondary N) is 1. The predicted octanol–water partition coefficient (Wildman–Crippen LogP) is 3.83. The molecule has 1 aliphatic rings. The molecule has 2 aromatic carbocycles. The highest BCUT2D eigenvalue weighted by Gasteiger charge is 2.24. The highest BCUT2D eigenvalue weighted by atomic mass is 16.5. The molecular formula is C26H30N4O3. The van der Waals surface area contributed by atoms with Crippen LogP contribution in [-0.2, 0) is 4.79 Å². The topological polar surface area (TPSA) is 84.4 Å². The number of amides is 2. The van der Waals surface area contributed by atoms with Crippen LogP contribution in [-0.4, -0.2) is 52.4 Å². The van der Waals surface area contributed by atoms with Crippen LogP contribution in [0.1, 0.15) is 47.4 Å². The number of carbonyl (C=O) groups is 2. The lowest BCUT2D eigenvalue weighted by Gasteiger charge is -2.32. The van der Waals surface area contributed by atoms with E-state index in [1.165, 1.54) is 0 Å². The molecule has 1 aliphatic heterocycles. The first-order valence-corrected chi connectivity index (χ1v) is 11.5. The Morgan fingerprint density at radius 3 is 2.42 bits per heavy atom. The number of para-hydroxylation sites is 1. The molecule has 2 amide bonds. The summed E-state index contributed by atoms with van der Waals surface area (Å²) >= 11 is 0. The van der Waals surface area contributed by atoms with Gasteiger partial charge in [-0.1, -0.05) is 18.2 Å². The van der Waals surface area contributed by atoms with E-state index in [4.69, 9.17) is 4.74 Å². The lowest BCUT2D eigenvalue weighted by molar-refractivity contribution is -0.132. The van der Waals surface area contributed by atoms with Crippen molar-refractivity contribution in [3.8, 4) is 5.75 Å². The largest absolute Gasteiger partial charge is 0.494 e. The smallest absolute Gasteiger partial charge is 0.251 e. The fourth-order valence-electron chi connectivity index (χ4n) is 4.00. The summed E-state index contributed by atoms with van der Waals surface area (Å²) in [6, 6.07) is 15.1. The molecule has 1 aromatic heterocycles. The van der Waals surface area contributed by atoms with Gasteiger partial charge in [0.05, 0.1) is 29.0 Å². The second-order valence-electron chi connectivity index (χ2n) is 8.49. The van der Waals surface area contributed by atoms with Gasteiger partial charge in [0.25, 0.3) is 5.91 Å². The first-order chi connectivity index (χ1) is 16.0. The Kier molecular flexibility index (Phi) is 7.17. The van der Waals surface area contributed by atoms with Gasteiger partial charge < -0.3 is 15.0 Å². The molecule has 7 nitrogen and oxygen atoms in total. The van der Waals surface area contributed by atoms with Crippen molar-refractivity contribution in [3.05, 3.63) is 65.5 Å². The molecule has 0 radical (unpaired) electrons. The Bertz CT molecular complexity index is 1130. The molecule has 4 rings (SSSR count). The van der Waals surface area contributed by atoms with E-state index < -0.39 is 0 Å². The Morgan fingerprint density at radius 2 is 1.70 bits per heavy atom. The summed E-state index contributed by atoms with van der Waals surface area (Å²) in [7, 11) is 0. The van der Waals surface area contributed by atoms with Crippen molar-refractivity contribution in [2.24, 2.45) is 0 Å². The summed E-state index contributed by atoms with van der Waals surface area (Å²) < 4.78 is 5.66. The van der Waals surface area contributed by atoms with Gasteiger partial charge in [0.15, 0.2) is 0 Å². The van der Waals surface area contributed by atoms with Gasteiger partial charge in [0.1, 0.15) is 5.75 Å². The van der Waals surface area contributed by atoms with Crippen molar-refractivity contribution in [2.75, 3.05) is 19.7 Å². The van der Waals surface area contributed by atoms with Gasteiger partial charge in [-0.15, -0.1) is 0 Å². The molecule has 1 fully saturated rings. The third kappa shape index (κ3) is 5.86. The van der Waals surface area contributed by atoms with E-state index >= 15 is 0 Å². The van der Waals surface area contributed by atoms with Gasteiger partial charge in [-0.05, 0) is 63.4 Å². The summed E-state index contributed by atoms with van der Waals surface area (Å²) in [5.41, 5.74) is 3.85. The van der Waals surface area contributed by atoms with Gasteiger partial charge in [-0.2, -0.15) is 0 Å². The van der Waals surface area contributed by atoms with Crippen molar-refractivity contribution in [1.82, 2.24) is 20.2 Å². The van der Waals surface area contributed by atoms with Crippen molar-refractivity contribution in [3.63, 3.8) is 0 Å². The molecule has 1 saturated heterocycles. The zero-order valence-corrected chi connectivity index (χ0v) is 19.2. The second kappa shape index (κ2) is 10.4. The standard InChI is InChI=1S/C26H30N4O3/c1-18-19(2)28-24-17-20(10-11-23(24)27-18)26(32)29-21-12-14-30(15-13-21)25(31)9-6-16-33-22-7-4-3-5-8-22/h3-5,7-8,10-11,17,21H,6,9,12-16H2,1-2H3,(H,29,32). The first-order valence-electron chi connectivity index (χ1n) is 11.5. The number of aromatic nitrogens is 2. The number of aryl methyl sites for hydroxylation is 2. The van der Waals surface area contributed by atoms with Crippen LogP contribution in [0.3, 0.4) is 0 Å². The molecule has 172 valence electrons.